The van der Waals surface area contributed by atoms with Crippen LogP contribution in [0.3, 0.4) is 0 Å². The van der Waals surface area contributed by atoms with E-state index >= 15 is 0 Å². The summed E-state index contributed by atoms with van der Waals surface area (Å²) in [7, 11) is 1.68. The van der Waals surface area contributed by atoms with E-state index in [1.54, 1.807) is 48.7 Å². The summed E-state index contributed by atoms with van der Waals surface area (Å²) in [6.45, 7) is 8.57. The van der Waals surface area contributed by atoms with Crippen LogP contribution in [0.5, 0.6) is 17.2 Å². The molecule has 4 N–H and O–H groups in total. The first-order valence-corrected chi connectivity index (χ1v) is 23.7. The zero-order valence-corrected chi connectivity index (χ0v) is 38.5. The number of amides is 5. The number of methoxy groups -OCH3 is 1. The van der Waals surface area contributed by atoms with E-state index in [1.807, 2.05) is 18.2 Å². The summed E-state index contributed by atoms with van der Waals surface area (Å²) >= 11 is 0. The van der Waals surface area contributed by atoms with E-state index in [4.69, 9.17) is 14.5 Å². The number of rotatable bonds is 15. The molecule has 1 atom stereocenters. The van der Waals surface area contributed by atoms with Crippen LogP contribution in [0, 0.1) is 17.2 Å². The van der Waals surface area contributed by atoms with Gasteiger partial charge >= 0.3 is 0 Å². The van der Waals surface area contributed by atoms with E-state index in [1.165, 1.54) is 24.3 Å². The first-order valence-electron chi connectivity index (χ1n) is 23.7. The minimum absolute atomic E-state index is 0.218. The average molecular weight is 939 g/mol. The lowest BCUT2D eigenvalue weighted by Gasteiger charge is -2.39. The Balaban J connectivity index is 0.678. The Morgan fingerprint density at radius 3 is 2.17 bits per heavy atom. The van der Waals surface area contributed by atoms with Gasteiger partial charge in [-0.3, -0.25) is 39.2 Å². The number of fused-ring (bicyclic) bond motifs is 2. The summed E-state index contributed by atoms with van der Waals surface area (Å²) in [5.41, 5.74) is 2.92. The minimum atomic E-state index is -1.17. The Morgan fingerprint density at radius 1 is 0.812 bits per heavy atom. The van der Waals surface area contributed by atoms with Crippen LogP contribution in [-0.4, -0.2) is 126 Å². The Kier molecular flexibility index (Phi) is 12.8. The lowest BCUT2D eigenvalue weighted by Crippen LogP contribution is -2.52. The van der Waals surface area contributed by atoms with Crippen molar-refractivity contribution in [1.82, 2.24) is 30.0 Å². The Bertz CT molecular complexity index is 2770. The quantitative estimate of drug-likeness (QED) is 0.0747. The van der Waals surface area contributed by atoms with Crippen molar-refractivity contribution in [3.63, 3.8) is 0 Å². The van der Waals surface area contributed by atoms with Gasteiger partial charge in [0.05, 0.1) is 23.9 Å². The molecule has 18 heteroatoms. The van der Waals surface area contributed by atoms with Gasteiger partial charge < -0.3 is 40.1 Å². The van der Waals surface area contributed by atoms with Crippen LogP contribution in [-0.2, 0) is 25.7 Å². The van der Waals surface area contributed by atoms with Crippen molar-refractivity contribution in [1.29, 1.82) is 0 Å². The molecule has 1 unspecified atom stereocenters. The number of ether oxygens (including phenoxy) is 2. The molecule has 6 heterocycles. The molecule has 69 heavy (non-hydrogen) atoms. The van der Waals surface area contributed by atoms with Crippen molar-refractivity contribution in [3.8, 4) is 17.2 Å². The molecule has 17 nitrogen and oxygen atoms in total. The molecule has 4 fully saturated rings. The topological polar surface area (TPSA) is 191 Å². The number of hydrogen-bond donors (Lipinski definition) is 4. The zero-order valence-electron chi connectivity index (χ0n) is 38.5. The van der Waals surface area contributed by atoms with Gasteiger partial charge in [-0.05, 0) is 116 Å². The SMILES string of the molecule is COc1cc2c(Oc3ccc(NC(=O)C4(C(=O)Nc5ccc(F)cc5)CC4)cc3)ccnc2cc1N1CCC(CN2CCN(CCNc3nccc4c3C(=O)N(C3CCC(=O)NC3=O)C4)CC2)CC1. The number of carbonyl (C=O) groups is 5. The molecule has 3 aromatic carbocycles. The second kappa shape index (κ2) is 19.4. The molecule has 3 saturated heterocycles. The van der Waals surface area contributed by atoms with E-state index in [9.17, 15) is 28.4 Å². The Hall–Kier alpha value is -7.18. The van der Waals surface area contributed by atoms with Gasteiger partial charge in [-0.1, -0.05) is 0 Å². The van der Waals surface area contributed by atoms with E-state index in [2.05, 4.69) is 47.0 Å². The first-order chi connectivity index (χ1) is 33.5. The number of nitrogens with zero attached hydrogens (tertiary/aromatic N) is 6. The Morgan fingerprint density at radius 2 is 1.49 bits per heavy atom. The number of benzene rings is 3. The minimum Gasteiger partial charge on any atom is -0.495 e. The summed E-state index contributed by atoms with van der Waals surface area (Å²) < 4.78 is 25.6. The molecule has 2 aromatic heterocycles. The molecule has 5 amide bonds. The standard InChI is InChI=1S/C51H55FN10O7/c1-68-43-28-38-39(53-19-13-42(38)69-37-8-6-36(7-9-37)57-50(67)51(16-17-51)49(66)56-35-4-2-34(52)3-5-35)29-41(43)61-21-14-32(15-22-61)30-60-26-24-59(25-27-60)23-20-55-46-45-33(12-18-54-46)31-62(48(45)65)40-10-11-44(63)58-47(40)64/h2-9,12-13,18-19,28-29,32,40H,10-11,14-17,20-27,30-31H2,1H3,(H,54,55)(H,56,66)(H,57,67)(H,58,63,64). The summed E-state index contributed by atoms with van der Waals surface area (Å²) in [5, 5.41) is 12.2. The average Bonchev–Trinajstić information content (AvgIpc) is 4.11. The lowest BCUT2D eigenvalue weighted by atomic mass is 9.95. The number of anilines is 4. The fourth-order valence-electron chi connectivity index (χ4n) is 9.97. The molecule has 0 spiro atoms. The third-order valence-electron chi connectivity index (χ3n) is 14.2. The van der Waals surface area contributed by atoms with Gasteiger partial charge in [-0.15, -0.1) is 0 Å². The molecule has 5 aliphatic rings. The van der Waals surface area contributed by atoms with Crippen LogP contribution in [0.1, 0.15) is 54.4 Å². The maximum Gasteiger partial charge on any atom is 0.258 e. The molecule has 0 radical (unpaired) electrons. The van der Waals surface area contributed by atoms with Gasteiger partial charge in [0.25, 0.3) is 5.91 Å². The van der Waals surface area contributed by atoms with Gasteiger partial charge in [0, 0.05) is 101 Å². The number of piperazine rings is 1. The number of hydrogen-bond acceptors (Lipinski definition) is 13. The molecule has 4 aliphatic heterocycles. The van der Waals surface area contributed by atoms with Crippen LogP contribution >= 0.6 is 0 Å². The molecular weight excluding hydrogens is 884 g/mol. The molecular formula is C51H55FN10O7. The van der Waals surface area contributed by atoms with Crippen molar-refractivity contribution in [3.05, 3.63) is 102 Å². The second-order valence-electron chi connectivity index (χ2n) is 18.6. The predicted octanol–water partition coefficient (Wildman–Crippen LogP) is 5.63. The monoisotopic (exact) mass is 938 g/mol. The van der Waals surface area contributed by atoms with Crippen LogP contribution in [0.4, 0.5) is 27.3 Å². The summed E-state index contributed by atoms with van der Waals surface area (Å²) in [4.78, 5) is 82.0. The molecule has 0 bridgehead atoms. The number of carbonyl (C=O) groups excluding carboxylic acids is 5. The van der Waals surface area contributed by atoms with E-state index in [-0.39, 0.29) is 18.2 Å². The van der Waals surface area contributed by atoms with Crippen molar-refractivity contribution in [2.45, 2.75) is 51.1 Å². The normalized spacial score (nSPS) is 19.5. The fraction of sp³-hybridized carbons (Fsp3) is 0.392. The van der Waals surface area contributed by atoms with Crippen molar-refractivity contribution >= 4 is 63.3 Å². The van der Waals surface area contributed by atoms with Gasteiger partial charge in [0.2, 0.25) is 23.6 Å². The third kappa shape index (κ3) is 9.76. The third-order valence-corrected chi connectivity index (χ3v) is 14.2. The van der Waals surface area contributed by atoms with Gasteiger partial charge in [0.15, 0.2) is 0 Å². The largest absolute Gasteiger partial charge is 0.495 e. The highest BCUT2D eigenvalue weighted by atomic mass is 19.1. The number of pyridine rings is 2. The summed E-state index contributed by atoms with van der Waals surface area (Å²) in [5.74, 6) is 0.872. The lowest BCUT2D eigenvalue weighted by molar-refractivity contribution is -0.137. The Labute approximate surface area is 398 Å². The maximum absolute atomic E-state index is 13.5. The smallest absolute Gasteiger partial charge is 0.258 e. The van der Waals surface area contributed by atoms with Gasteiger partial charge in [0.1, 0.15) is 40.3 Å². The second-order valence-corrected chi connectivity index (χ2v) is 18.6. The number of imide groups is 1. The van der Waals surface area contributed by atoms with Crippen molar-refractivity contribution in [2.24, 2.45) is 11.3 Å². The van der Waals surface area contributed by atoms with E-state index in [0.29, 0.717) is 72.5 Å². The highest BCUT2D eigenvalue weighted by Crippen LogP contribution is 2.48. The van der Waals surface area contributed by atoms with Crippen LogP contribution < -0.4 is 35.6 Å². The van der Waals surface area contributed by atoms with Gasteiger partial charge in [-0.25, -0.2) is 9.37 Å². The molecule has 10 rings (SSSR count). The van der Waals surface area contributed by atoms with Crippen LogP contribution in [0.15, 0.2) is 85.2 Å². The van der Waals surface area contributed by atoms with Crippen LogP contribution in [0.25, 0.3) is 10.9 Å². The van der Waals surface area contributed by atoms with Crippen molar-refractivity contribution < 1.29 is 37.8 Å². The molecule has 1 saturated carbocycles. The molecule has 5 aromatic rings. The first kappa shape index (κ1) is 45.6. The van der Waals surface area contributed by atoms with Crippen molar-refractivity contribution in [2.75, 3.05) is 86.9 Å². The summed E-state index contributed by atoms with van der Waals surface area (Å²) in [6.07, 6.45) is 6.95. The molecule has 1 aliphatic carbocycles. The highest BCUT2D eigenvalue weighted by Gasteiger charge is 2.56. The predicted molar refractivity (Wildman–Crippen MR) is 257 cm³/mol. The maximum atomic E-state index is 13.5. The van der Waals surface area contributed by atoms with Crippen LogP contribution in [0.2, 0.25) is 0 Å². The number of nitrogens with one attached hydrogen (secondary N) is 4. The van der Waals surface area contributed by atoms with E-state index in [0.717, 1.165) is 93.1 Å². The van der Waals surface area contributed by atoms with E-state index < -0.39 is 35.0 Å². The molecule has 358 valence electrons. The highest BCUT2D eigenvalue weighted by molar-refractivity contribution is 6.17. The summed E-state index contributed by atoms with van der Waals surface area (Å²) in [6, 6.07) is 19.5. The van der Waals surface area contributed by atoms with Gasteiger partial charge in [-0.2, -0.15) is 0 Å². The fourth-order valence-corrected chi connectivity index (χ4v) is 9.97. The zero-order chi connectivity index (χ0) is 47.6. The number of halogens is 1. The number of piperidine rings is 2. The number of aromatic nitrogens is 2.